The fraction of sp³-hybridized carbons (Fsp3) is 0. The van der Waals surface area contributed by atoms with E-state index in [0.717, 1.165) is 11.2 Å². The molecule has 0 aliphatic rings. The van der Waals surface area contributed by atoms with Gasteiger partial charge in [0.05, 0.1) is 17.4 Å². The summed E-state index contributed by atoms with van der Waals surface area (Å²) >= 11 is 0. The van der Waals surface area contributed by atoms with Crippen molar-refractivity contribution < 1.29 is 4.79 Å². The van der Waals surface area contributed by atoms with Gasteiger partial charge in [-0.1, -0.05) is 18.2 Å². The molecule has 3 aromatic heterocycles. The third-order valence-corrected chi connectivity index (χ3v) is 3.37. The van der Waals surface area contributed by atoms with E-state index in [2.05, 4.69) is 20.6 Å². The number of hydrogen-bond donors (Lipinski definition) is 1. The second-order valence-corrected chi connectivity index (χ2v) is 4.92. The summed E-state index contributed by atoms with van der Waals surface area (Å²) in [7, 11) is 0. The molecule has 0 unspecified atom stereocenters. The molecule has 3 heterocycles. The smallest absolute Gasteiger partial charge is 0.277 e. The Morgan fingerprint density at radius 1 is 1.04 bits per heavy atom. The number of fused-ring (bicyclic) bond motifs is 1. The van der Waals surface area contributed by atoms with Gasteiger partial charge in [-0.05, 0) is 30.3 Å². The molecule has 0 saturated carbocycles. The number of aromatic nitrogens is 5. The van der Waals surface area contributed by atoms with Gasteiger partial charge in [0, 0.05) is 18.1 Å². The molecule has 4 rings (SSSR count). The molecule has 0 spiro atoms. The maximum atomic E-state index is 12.3. The van der Waals surface area contributed by atoms with Crippen molar-refractivity contribution >= 4 is 17.1 Å². The monoisotopic (exact) mass is 304 g/mol. The van der Waals surface area contributed by atoms with Crippen LogP contribution in [0.1, 0.15) is 10.5 Å². The number of pyridine rings is 1. The Balaban J connectivity index is 1.56. The van der Waals surface area contributed by atoms with Gasteiger partial charge in [0.15, 0.2) is 5.69 Å². The lowest BCUT2D eigenvalue weighted by Gasteiger charge is -2.03. The molecule has 7 heteroatoms. The molecular weight excluding hydrogens is 292 g/mol. The number of para-hydroxylation sites is 1. The lowest BCUT2D eigenvalue weighted by Crippen LogP contribution is -2.13. The van der Waals surface area contributed by atoms with Gasteiger partial charge in [0.25, 0.3) is 5.91 Å². The molecule has 0 bridgehead atoms. The average Bonchev–Trinajstić information content (AvgIpc) is 3.24. The van der Waals surface area contributed by atoms with E-state index in [-0.39, 0.29) is 11.6 Å². The van der Waals surface area contributed by atoms with Crippen LogP contribution in [0.4, 0.5) is 5.69 Å². The minimum atomic E-state index is -0.309. The Morgan fingerprint density at radius 2 is 1.91 bits per heavy atom. The van der Waals surface area contributed by atoms with Crippen LogP contribution in [-0.2, 0) is 0 Å². The third kappa shape index (κ3) is 2.55. The van der Waals surface area contributed by atoms with Gasteiger partial charge in [0.1, 0.15) is 0 Å². The standard InChI is InChI=1S/C16H12N6O/c23-16(19-12-7-9-21-14(10-12)6-8-17-21)15-11-18-22(20-15)13-4-2-1-3-5-13/h1-11H,(H,19,23). The summed E-state index contributed by atoms with van der Waals surface area (Å²) in [4.78, 5) is 13.7. The van der Waals surface area contributed by atoms with E-state index in [1.165, 1.54) is 11.0 Å². The molecule has 112 valence electrons. The van der Waals surface area contributed by atoms with E-state index in [1.807, 2.05) is 42.5 Å². The van der Waals surface area contributed by atoms with E-state index < -0.39 is 0 Å². The molecule has 0 fully saturated rings. The molecular formula is C16H12N6O. The molecule has 0 atom stereocenters. The highest BCUT2D eigenvalue weighted by Crippen LogP contribution is 2.12. The second-order valence-electron chi connectivity index (χ2n) is 4.92. The predicted molar refractivity (Wildman–Crippen MR) is 84.5 cm³/mol. The van der Waals surface area contributed by atoms with Crippen LogP contribution in [0.3, 0.4) is 0 Å². The molecule has 23 heavy (non-hydrogen) atoms. The van der Waals surface area contributed by atoms with Gasteiger partial charge in [-0.15, -0.1) is 5.10 Å². The first-order valence-corrected chi connectivity index (χ1v) is 7.02. The first-order valence-electron chi connectivity index (χ1n) is 7.02. The number of nitrogens with zero attached hydrogens (tertiary/aromatic N) is 5. The quantitative estimate of drug-likeness (QED) is 0.629. The van der Waals surface area contributed by atoms with Gasteiger partial charge in [-0.3, -0.25) is 4.79 Å². The van der Waals surface area contributed by atoms with E-state index in [1.54, 1.807) is 23.0 Å². The van der Waals surface area contributed by atoms with Crippen molar-refractivity contribution in [1.82, 2.24) is 24.6 Å². The first-order chi connectivity index (χ1) is 11.3. The molecule has 4 aromatic rings. The maximum absolute atomic E-state index is 12.3. The summed E-state index contributed by atoms with van der Waals surface area (Å²) < 4.78 is 1.72. The Morgan fingerprint density at radius 3 is 2.78 bits per heavy atom. The van der Waals surface area contributed by atoms with Gasteiger partial charge in [-0.25, -0.2) is 4.52 Å². The van der Waals surface area contributed by atoms with Crippen LogP contribution in [0.15, 0.2) is 67.1 Å². The molecule has 0 radical (unpaired) electrons. The summed E-state index contributed by atoms with van der Waals surface area (Å²) in [6.45, 7) is 0. The Labute approximate surface area is 131 Å². The number of amides is 1. The number of hydrogen-bond acceptors (Lipinski definition) is 4. The van der Waals surface area contributed by atoms with Crippen molar-refractivity contribution in [2.75, 3.05) is 5.32 Å². The summed E-state index contributed by atoms with van der Waals surface area (Å²) in [6, 6.07) is 14.9. The molecule has 1 N–H and O–H groups in total. The van der Waals surface area contributed by atoms with Crippen molar-refractivity contribution in [3.63, 3.8) is 0 Å². The predicted octanol–water partition coefficient (Wildman–Crippen LogP) is 2.17. The van der Waals surface area contributed by atoms with Gasteiger partial charge >= 0.3 is 0 Å². The molecule has 0 aliphatic carbocycles. The summed E-state index contributed by atoms with van der Waals surface area (Å²) in [5.74, 6) is -0.309. The average molecular weight is 304 g/mol. The van der Waals surface area contributed by atoms with Crippen molar-refractivity contribution in [2.45, 2.75) is 0 Å². The zero-order valence-corrected chi connectivity index (χ0v) is 12.0. The Hall–Kier alpha value is -3.48. The number of carbonyl (C=O) groups excluding carboxylic acids is 1. The van der Waals surface area contributed by atoms with Gasteiger partial charge in [0.2, 0.25) is 0 Å². The Kier molecular flexibility index (Phi) is 3.09. The van der Waals surface area contributed by atoms with Crippen LogP contribution in [0.2, 0.25) is 0 Å². The summed E-state index contributed by atoms with van der Waals surface area (Å²) in [6.07, 6.45) is 4.93. The van der Waals surface area contributed by atoms with Crippen LogP contribution in [-0.4, -0.2) is 30.5 Å². The largest absolute Gasteiger partial charge is 0.320 e. The van der Waals surface area contributed by atoms with E-state index in [9.17, 15) is 4.79 Å². The Bertz CT molecular complexity index is 972. The summed E-state index contributed by atoms with van der Waals surface area (Å²) in [5, 5.41) is 15.2. The third-order valence-electron chi connectivity index (χ3n) is 3.37. The maximum Gasteiger partial charge on any atom is 0.277 e. The van der Waals surface area contributed by atoms with E-state index in [4.69, 9.17) is 0 Å². The van der Waals surface area contributed by atoms with Crippen molar-refractivity contribution in [3.8, 4) is 5.69 Å². The van der Waals surface area contributed by atoms with Crippen molar-refractivity contribution in [1.29, 1.82) is 0 Å². The minimum Gasteiger partial charge on any atom is -0.320 e. The zero-order chi connectivity index (χ0) is 15.6. The van der Waals surface area contributed by atoms with Crippen molar-refractivity contribution in [2.24, 2.45) is 0 Å². The van der Waals surface area contributed by atoms with Crippen molar-refractivity contribution in [3.05, 3.63) is 72.8 Å². The number of rotatable bonds is 3. The van der Waals surface area contributed by atoms with Crippen LogP contribution in [0.5, 0.6) is 0 Å². The SMILES string of the molecule is O=C(Nc1ccn2nccc2c1)c1cnn(-c2ccccc2)n1. The highest BCUT2D eigenvalue weighted by molar-refractivity contribution is 6.02. The first kappa shape index (κ1) is 13.2. The lowest BCUT2D eigenvalue weighted by atomic mass is 10.3. The fourth-order valence-electron chi connectivity index (χ4n) is 2.25. The normalized spacial score (nSPS) is 10.8. The molecule has 0 aliphatic heterocycles. The molecule has 1 aromatic carbocycles. The number of anilines is 1. The van der Waals surface area contributed by atoms with Crippen LogP contribution in [0.25, 0.3) is 11.2 Å². The van der Waals surface area contributed by atoms with Gasteiger partial charge in [-0.2, -0.15) is 15.0 Å². The highest BCUT2D eigenvalue weighted by atomic mass is 16.2. The number of carbonyl (C=O) groups is 1. The van der Waals surface area contributed by atoms with E-state index >= 15 is 0 Å². The topological polar surface area (TPSA) is 77.1 Å². The van der Waals surface area contributed by atoms with Crippen LogP contribution < -0.4 is 5.32 Å². The summed E-state index contributed by atoms with van der Waals surface area (Å²) in [5.41, 5.74) is 2.63. The number of nitrogens with one attached hydrogen (secondary N) is 1. The minimum absolute atomic E-state index is 0.252. The van der Waals surface area contributed by atoms with Gasteiger partial charge < -0.3 is 5.32 Å². The second kappa shape index (κ2) is 5.38. The highest BCUT2D eigenvalue weighted by Gasteiger charge is 2.12. The van der Waals surface area contributed by atoms with E-state index in [0.29, 0.717) is 5.69 Å². The van der Waals surface area contributed by atoms with Crippen LogP contribution in [0, 0.1) is 0 Å². The fourth-order valence-corrected chi connectivity index (χ4v) is 2.25. The zero-order valence-electron chi connectivity index (χ0n) is 12.0. The molecule has 0 saturated heterocycles. The van der Waals surface area contributed by atoms with Crippen LogP contribution >= 0.6 is 0 Å². The lowest BCUT2D eigenvalue weighted by molar-refractivity contribution is 0.102. The molecule has 7 nitrogen and oxygen atoms in total. The molecule has 1 amide bonds. The number of benzene rings is 1.